The average molecular weight is 293 g/mol. The molecule has 2 nitrogen and oxygen atoms in total. The van der Waals surface area contributed by atoms with Crippen LogP contribution in [-0.4, -0.2) is 26.0 Å². The predicted octanol–water partition coefficient (Wildman–Crippen LogP) is 2.45. The van der Waals surface area contributed by atoms with Gasteiger partial charge in [-0.05, 0) is 0 Å². The van der Waals surface area contributed by atoms with Gasteiger partial charge in [-0.2, -0.15) is 0 Å². The Morgan fingerprint density at radius 1 is 1.12 bits per heavy atom. The second kappa shape index (κ2) is 5.85. The number of hydrogen-bond donors (Lipinski definition) is 1. The molecule has 2 aromatic carbocycles. The maximum atomic E-state index is 10.4. The van der Waals surface area contributed by atoms with Crippen molar-refractivity contribution in [3.8, 4) is 0 Å². The van der Waals surface area contributed by atoms with Gasteiger partial charge in [0.15, 0.2) is 0 Å². The molecular formula is C14H14O2Se. The van der Waals surface area contributed by atoms with E-state index < -0.39 is 5.97 Å². The van der Waals surface area contributed by atoms with E-state index in [-0.39, 0.29) is 6.42 Å². The molecule has 0 spiro atoms. The van der Waals surface area contributed by atoms with Gasteiger partial charge in [0, 0.05) is 0 Å². The molecule has 3 heteroatoms. The number of carboxylic acid groups (broad SMARTS) is 1. The Hall–Kier alpha value is -1.31. The Morgan fingerprint density at radius 2 is 1.88 bits per heavy atom. The summed E-state index contributed by atoms with van der Waals surface area (Å²) in [7, 11) is 0. The van der Waals surface area contributed by atoms with Crippen LogP contribution in [0.1, 0.15) is 12.8 Å². The molecule has 1 N–H and O–H groups in total. The van der Waals surface area contributed by atoms with Gasteiger partial charge in [0.2, 0.25) is 0 Å². The van der Waals surface area contributed by atoms with E-state index in [0.717, 1.165) is 11.7 Å². The van der Waals surface area contributed by atoms with E-state index in [2.05, 4.69) is 36.4 Å². The van der Waals surface area contributed by atoms with Crippen LogP contribution in [0.5, 0.6) is 0 Å². The van der Waals surface area contributed by atoms with Gasteiger partial charge in [-0.3, -0.25) is 0 Å². The van der Waals surface area contributed by atoms with Crippen LogP contribution in [0.4, 0.5) is 0 Å². The molecule has 17 heavy (non-hydrogen) atoms. The number of fused-ring (bicyclic) bond motifs is 1. The van der Waals surface area contributed by atoms with E-state index in [4.69, 9.17) is 5.11 Å². The predicted molar refractivity (Wildman–Crippen MR) is 71.0 cm³/mol. The molecule has 0 atom stereocenters. The SMILES string of the molecule is O=C(O)CCC[Se]c1cccc2ccccc12. The molecule has 0 fully saturated rings. The van der Waals surface area contributed by atoms with Crippen LogP contribution in [0.25, 0.3) is 10.8 Å². The molecule has 2 rings (SSSR count). The first-order chi connectivity index (χ1) is 8.27. The van der Waals surface area contributed by atoms with E-state index >= 15 is 0 Å². The van der Waals surface area contributed by atoms with Gasteiger partial charge in [-0.1, -0.05) is 0 Å². The van der Waals surface area contributed by atoms with Crippen molar-refractivity contribution >= 4 is 36.2 Å². The van der Waals surface area contributed by atoms with Gasteiger partial charge >= 0.3 is 107 Å². The molecule has 0 saturated carbocycles. The van der Waals surface area contributed by atoms with Crippen LogP contribution in [0, 0.1) is 0 Å². The van der Waals surface area contributed by atoms with Crippen LogP contribution in [-0.2, 0) is 4.79 Å². The van der Waals surface area contributed by atoms with Gasteiger partial charge in [-0.25, -0.2) is 0 Å². The van der Waals surface area contributed by atoms with Crippen molar-refractivity contribution in [1.82, 2.24) is 0 Å². The van der Waals surface area contributed by atoms with E-state index in [0.29, 0.717) is 15.0 Å². The average Bonchev–Trinajstić information content (AvgIpc) is 2.34. The molecule has 88 valence electrons. The molecule has 0 aliphatic carbocycles. The first-order valence-electron chi connectivity index (χ1n) is 5.60. The molecule has 0 amide bonds. The van der Waals surface area contributed by atoms with Crippen molar-refractivity contribution in [1.29, 1.82) is 0 Å². The van der Waals surface area contributed by atoms with Crippen molar-refractivity contribution in [2.24, 2.45) is 0 Å². The molecule has 0 heterocycles. The van der Waals surface area contributed by atoms with Crippen LogP contribution < -0.4 is 4.46 Å². The van der Waals surface area contributed by atoms with E-state index in [9.17, 15) is 4.79 Å². The van der Waals surface area contributed by atoms with Gasteiger partial charge in [0.05, 0.1) is 0 Å². The van der Waals surface area contributed by atoms with Gasteiger partial charge < -0.3 is 0 Å². The summed E-state index contributed by atoms with van der Waals surface area (Å²) in [4.78, 5) is 10.4. The third-order valence-electron chi connectivity index (χ3n) is 2.54. The summed E-state index contributed by atoms with van der Waals surface area (Å²) < 4.78 is 1.38. The topological polar surface area (TPSA) is 37.3 Å². The maximum absolute atomic E-state index is 10.4. The molecule has 0 aliphatic rings. The zero-order valence-electron chi connectivity index (χ0n) is 9.43. The van der Waals surface area contributed by atoms with Crippen molar-refractivity contribution in [2.75, 3.05) is 0 Å². The van der Waals surface area contributed by atoms with Gasteiger partial charge in [-0.15, -0.1) is 0 Å². The van der Waals surface area contributed by atoms with Crippen LogP contribution in [0.15, 0.2) is 42.5 Å². The molecule has 0 aromatic heterocycles. The number of carboxylic acids is 1. The molecule has 0 unspecified atom stereocenters. The zero-order valence-corrected chi connectivity index (χ0v) is 11.1. The monoisotopic (exact) mass is 294 g/mol. The Morgan fingerprint density at radius 3 is 2.71 bits per heavy atom. The fourth-order valence-corrected chi connectivity index (χ4v) is 3.88. The summed E-state index contributed by atoms with van der Waals surface area (Å²) in [6.45, 7) is 0. The molecule has 0 saturated heterocycles. The Bertz CT molecular complexity index is 517. The molecule has 0 bridgehead atoms. The first-order valence-corrected chi connectivity index (χ1v) is 7.66. The van der Waals surface area contributed by atoms with Gasteiger partial charge in [0.25, 0.3) is 0 Å². The van der Waals surface area contributed by atoms with Crippen molar-refractivity contribution < 1.29 is 9.90 Å². The summed E-state index contributed by atoms with van der Waals surface area (Å²) in [6.07, 6.45) is 1.06. The fraction of sp³-hybridized carbons (Fsp3) is 0.214. The second-order valence-electron chi connectivity index (χ2n) is 3.82. The Balaban J connectivity index is 2.05. The summed E-state index contributed by atoms with van der Waals surface area (Å²) in [5.41, 5.74) is 0. The molecular weight excluding hydrogens is 279 g/mol. The molecule has 0 radical (unpaired) electrons. The van der Waals surface area contributed by atoms with Crippen molar-refractivity contribution in [3.05, 3.63) is 42.5 Å². The van der Waals surface area contributed by atoms with Crippen LogP contribution >= 0.6 is 0 Å². The summed E-state index contributed by atoms with van der Waals surface area (Å²) in [5, 5.41) is 12.2. The van der Waals surface area contributed by atoms with Crippen molar-refractivity contribution in [3.63, 3.8) is 0 Å². The number of carbonyl (C=O) groups is 1. The normalized spacial score (nSPS) is 10.6. The summed E-state index contributed by atoms with van der Waals surface area (Å²) in [5.74, 6) is -0.696. The van der Waals surface area contributed by atoms with E-state index in [1.54, 1.807) is 0 Å². The zero-order chi connectivity index (χ0) is 12.1. The van der Waals surface area contributed by atoms with E-state index in [1.165, 1.54) is 15.2 Å². The summed E-state index contributed by atoms with van der Waals surface area (Å²) >= 11 is 0.371. The Kier molecular flexibility index (Phi) is 4.18. The third kappa shape index (κ3) is 3.32. The molecule has 2 aromatic rings. The Labute approximate surface area is 107 Å². The summed E-state index contributed by atoms with van der Waals surface area (Å²) in [6, 6.07) is 14.7. The number of aliphatic carboxylic acids is 1. The van der Waals surface area contributed by atoms with Crippen LogP contribution in [0.2, 0.25) is 5.32 Å². The van der Waals surface area contributed by atoms with Gasteiger partial charge in [0.1, 0.15) is 0 Å². The minimum atomic E-state index is -0.696. The van der Waals surface area contributed by atoms with Crippen molar-refractivity contribution in [2.45, 2.75) is 18.2 Å². The molecule has 0 aliphatic heterocycles. The standard InChI is InChI=1S/C14H14O2Se/c15-14(16)9-4-10-17-13-8-3-6-11-5-1-2-7-12(11)13/h1-3,5-8H,4,9-10H2,(H,15,16). The quantitative estimate of drug-likeness (QED) is 0.679. The first kappa shape index (κ1) is 12.2. The minimum absolute atomic E-state index is 0.284. The second-order valence-corrected chi connectivity index (χ2v) is 6.21. The number of benzene rings is 2. The number of hydrogen-bond acceptors (Lipinski definition) is 1. The van der Waals surface area contributed by atoms with E-state index in [1.807, 2.05) is 6.07 Å². The van der Waals surface area contributed by atoms with Crippen LogP contribution in [0.3, 0.4) is 0 Å². The third-order valence-corrected chi connectivity index (χ3v) is 4.98. The fourth-order valence-electron chi connectivity index (χ4n) is 1.73. The number of rotatable bonds is 5.